The van der Waals surface area contributed by atoms with E-state index >= 15 is 0 Å². The van der Waals surface area contributed by atoms with Crippen LogP contribution in [0.25, 0.3) is 0 Å². The van der Waals surface area contributed by atoms with Crippen LogP contribution in [0.15, 0.2) is 0 Å². The van der Waals surface area contributed by atoms with Gasteiger partial charge in [-0.05, 0) is 37.0 Å². The Hall–Kier alpha value is -0.0400. The van der Waals surface area contributed by atoms with Crippen molar-refractivity contribution >= 4 is 0 Å². The lowest BCUT2D eigenvalue weighted by Crippen LogP contribution is -2.36. The smallest absolute Gasteiger partial charge is 0.0599 e. The largest absolute Gasteiger partial charge is 0.393 e. The van der Waals surface area contributed by atoms with Gasteiger partial charge in [0.25, 0.3) is 0 Å². The molecule has 0 saturated heterocycles. The summed E-state index contributed by atoms with van der Waals surface area (Å²) in [5.74, 6) is 2.07. The van der Waals surface area contributed by atoms with Crippen LogP contribution in [0.4, 0.5) is 0 Å². The number of rotatable bonds is 3. The van der Waals surface area contributed by atoms with E-state index in [4.69, 9.17) is 0 Å². The highest BCUT2D eigenvalue weighted by atomic mass is 16.3. The highest BCUT2D eigenvalue weighted by Crippen LogP contribution is 2.39. The second-order valence-corrected chi connectivity index (χ2v) is 6.01. The van der Waals surface area contributed by atoms with Gasteiger partial charge in [-0.1, -0.05) is 51.9 Å². The summed E-state index contributed by atoms with van der Waals surface area (Å²) in [6, 6.07) is 0. The summed E-state index contributed by atoms with van der Waals surface area (Å²) >= 11 is 0. The fourth-order valence-corrected chi connectivity index (χ4v) is 4.02. The van der Waals surface area contributed by atoms with Gasteiger partial charge >= 0.3 is 0 Å². The molecule has 1 heteroatoms. The van der Waals surface area contributed by atoms with Crippen LogP contribution in [0.1, 0.15) is 71.1 Å². The molecule has 0 aromatic heterocycles. The molecule has 0 aromatic rings. The monoisotopic (exact) mass is 224 g/mol. The topological polar surface area (TPSA) is 20.2 Å². The van der Waals surface area contributed by atoms with Crippen molar-refractivity contribution in [3.8, 4) is 0 Å². The zero-order valence-electron chi connectivity index (χ0n) is 10.8. The summed E-state index contributed by atoms with van der Waals surface area (Å²) in [5, 5.41) is 10.6. The maximum Gasteiger partial charge on any atom is 0.0599 e. The predicted molar refractivity (Wildman–Crippen MR) is 68.3 cm³/mol. The number of aliphatic hydroxyl groups excluding tert-OH is 1. The molecule has 2 fully saturated rings. The van der Waals surface area contributed by atoms with E-state index in [2.05, 4.69) is 6.92 Å². The van der Waals surface area contributed by atoms with Crippen molar-refractivity contribution < 1.29 is 5.11 Å². The summed E-state index contributed by atoms with van der Waals surface area (Å²) in [6.45, 7) is 2.30. The van der Waals surface area contributed by atoms with Gasteiger partial charge in [0.15, 0.2) is 0 Å². The molecule has 1 N–H and O–H groups in total. The van der Waals surface area contributed by atoms with Crippen LogP contribution in [0, 0.1) is 17.8 Å². The Morgan fingerprint density at radius 3 is 2.25 bits per heavy atom. The van der Waals surface area contributed by atoms with Crippen molar-refractivity contribution in [1.82, 2.24) is 0 Å². The maximum atomic E-state index is 10.6. The van der Waals surface area contributed by atoms with Crippen LogP contribution in [-0.4, -0.2) is 11.2 Å². The average molecular weight is 224 g/mol. The summed E-state index contributed by atoms with van der Waals surface area (Å²) in [6.07, 6.45) is 13.4. The first kappa shape index (κ1) is 12.4. The lowest BCUT2D eigenvalue weighted by Gasteiger charge is -2.39. The summed E-state index contributed by atoms with van der Waals surface area (Å²) in [7, 11) is 0. The van der Waals surface area contributed by atoms with E-state index in [0.29, 0.717) is 11.8 Å². The normalized spacial score (nSPS) is 34.9. The van der Waals surface area contributed by atoms with Gasteiger partial charge in [-0.2, -0.15) is 0 Å². The van der Waals surface area contributed by atoms with E-state index in [0.717, 1.165) is 5.92 Å². The third-order valence-corrected chi connectivity index (χ3v) is 5.06. The Morgan fingerprint density at radius 1 is 0.938 bits per heavy atom. The second kappa shape index (κ2) is 6.05. The molecule has 3 atom stereocenters. The SMILES string of the molecule is CCC1CCCCC1C(O)C1CCCCC1. The molecule has 2 aliphatic carbocycles. The number of aliphatic hydroxyl groups is 1. The van der Waals surface area contributed by atoms with Crippen LogP contribution >= 0.6 is 0 Å². The quantitative estimate of drug-likeness (QED) is 0.763. The number of hydrogen-bond donors (Lipinski definition) is 1. The van der Waals surface area contributed by atoms with Gasteiger partial charge in [-0.25, -0.2) is 0 Å². The van der Waals surface area contributed by atoms with Crippen LogP contribution < -0.4 is 0 Å². The van der Waals surface area contributed by atoms with Crippen molar-refractivity contribution in [2.45, 2.75) is 77.2 Å². The standard InChI is InChI=1S/C15H28O/c1-2-12-8-6-7-11-14(12)15(16)13-9-4-3-5-10-13/h12-16H,2-11H2,1H3. The Labute approximate surface area is 101 Å². The molecule has 0 bridgehead atoms. The second-order valence-electron chi connectivity index (χ2n) is 6.01. The molecule has 2 saturated carbocycles. The lowest BCUT2D eigenvalue weighted by molar-refractivity contribution is -0.00821. The highest BCUT2D eigenvalue weighted by molar-refractivity contribution is 4.85. The average Bonchev–Trinajstić information content (AvgIpc) is 2.39. The van der Waals surface area contributed by atoms with Gasteiger partial charge in [-0.3, -0.25) is 0 Å². The molecule has 0 spiro atoms. The molecule has 2 aliphatic rings. The van der Waals surface area contributed by atoms with Crippen molar-refractivity contribution in [2.75, 3.05) is 0 Å². The Balaban J connectivity index is 1.92. The minimum absolute atomic E-state index is 0.0190. The molecule has 0 aromatic carbocycles. The van der Waals surface area contributed by atoms with Crippen LogP contribution in [-0.2, 0) is 0 Å². The molecule has 0 heterocycles. The Kier molecular flexibility index (Phi) is 4.69. The summed E-state index contributed by atoms with van der Waals surface area (Å²) < 4.78 is 0. The van der Waals surface area contributed by atoms with Gasteiger partial charge in [0.1, 0.15) is 0 Å². The number of hydrogen-bond acceptors (Lipinski definition) is 1. The molecular formula is C15H28O. The van der Waals surface area contributed by atoms with Crippen LogP contribution in [0.2, 0.25) is 0 Å². The predicted octanol–water partition coefficient (Wildman–Crippen LogP) is 4.14. The molecule has 2 rings (SSSR count). The molecule has 94 valence electrons. The van der Waals surface area contributed by atoms with E-state index in [9.17, 15) is 5.11 Å². The van der Waals surface area contributed by atoms with Crippen LogP contribution in [0.3, 0.4) is 0 Å². The molecule has 1 nitrogen and oxygen atoms in total. The summed E-state index contributed by atoms with van der Waals surface area (Å²) in [4.78, 5) is 0. The fraction of sp³-hybridized carbons (Fsp3) is 1.00. The first-order valence-corrected chi connectivity index (χ1v) is 7.51. The van der Waals surface area contributed by atoms with Gasteiger partial charge in [-0.15, -0.1) is 0 Å². The molecule has 16 heavy (non-hydrogen) atoms. The Bertz CT molecular complexity index is 196. The molecule has 0 radical (unpaired) electrons. The Morgan fingerprint density at radius 2 is 1.56 bits per heavy atom. The minimum Gasteiger partial charge on any atom is -0.393 e. The summed E-state index contributed by atoms with van der Waals surface area (Å²) in [5.41, 5.74) is 0. The van der Waals surface area contributed by atoms with Crippen LogP contribution in [0.5, 0.6) is 0 Å². The molecule has 0 aliphatic heterocycles. The van der Waals surface area contributed by atoms with Crippen molar-refractivity contribution in [3.05, 3.63) is 0 Å². The van der Waals surface area contributed by atoms with E-state index in [1.165, 1.54) is 64.2 Å². The molecule has 3 unspecified atom stereocenters. The van der Waals surface area contributed by atoms with E-state index in [1.54, 1.807) is 0 Å². The van der Waals surface area contributed by atoms with Crippen molar-refractivity contribution in [1.29, 1.82) is 0 Å². The first-order valence-electron chi connectivity index (χ1n) is 7.51. The van der Waals surface area contributed by atoms with Crippen molar-refractivity contribution in [2.24, 2.45) is 17.8 Å². The minimum atomic E-state index is 0.0190. The lowest BCUT2D eigenvalue weighted by atomic mass is 9.69. The third-order valence-electron chi connectivity index (χ3n) is 5.06. The molecule has 0 amide bonds. The highest BCUT2D eigenvalue weighted by Gasteiger charge is 2.34. The van der Waals surface area contributed by atoms with Gasteiger partial charge in [0.05, 0.1) is 6.10 Å². The van der Waals surface area contributed by atoms with Gasteiger partial charge in [0.2, 0.25) is 0 Å². The first-order chi connectivity index (χ1) is 7.83. The zero-order chi connectivity index (χ0) is 11.4. The van der Waals surface area contributed by atoms with E-state index in [-0.39, 0.29) is 6.10 Å². The van der Waals surface area contributed by atoms with E-state index in [1.807, 2.05) is 0 Å². The zero-order valence-corrected chi connectivity index (χ0v) is 10.8. The van der Waals surface area contributed by atoms with Crippen molar-refractivity contribution in [3.63, 3.8) is 0 Å². The third kappa shape index (κ3) is 2.80. The fourth-order valence-electron chi connectivity index (χ4n) is 4.02. The van der Waals surface area contributed by atoms with Gasteiger partial charge in [0, 0.05) is 0 Å². The maximum absolute atomic E-state index is 10.6. The van der Waals surface area contributed by atoms with Gasteiger partial charge < -0.3 is 5.11 Å². The van der Waals surface area contributed by atoms with E-state index < -0.39 is 0 Å². The molecular weight excluding hydrogens is 196 g/mol.